The van der Waals surface area contributed by atoms with Gasteiger partial charge in [-0.25, -0.2) is 0 Å². The summed E-state index contributed by atoms with van der Waals surface area (Å²) < 4.78 is 0. The van der Waals surface area contributed by atoms with E-state index in [2.05, 4.69) is 44.7 Å². The lowest BCUT2D eigenvalue weighted by Crippen LogP contribution is -2.14. The van der Waals surface area contributed by atoms with Crippen LogP contribution in [0.3, 0.4) is 0 Å². The zero-order valence-corrected chi connectivity index (χ0v) is 7.72. The molecule has 0 aromatic heterocycles. The Morgan fingerprint density at radius 1 is 1.25 bits per heavy atom. The average Bonchev–Trinajstić information content (AvgIpc) is 2.25. The van der Waals surface area contributed by atoms with Gasteiger partial charge >= 0.3 is 0 Å². The Hall–Kier alpha value is -1.04. The van der Waals surface area contributed by atoms with Crippen molar-refractivity contribution in [3.05, 3.63) is 47.5 Å². The molecule has 1 aliphatic carbocycles. The minimum absolute atomic E-state index is 0.191. The molecule has 0 heteroatoms. The fraction of sp³-hybridized carbons (Fsp3) is 0.333. The maximum Gasteiger partial charge on any atom is 0.0109 e. The molecule has 0 radical (unpaired) electrons. The number of benzene rings is 1. The second kappa shape index (κ2) is 2.22. The van der Waals surface area contributed by atoms with E-state index in [-0.39, 0.29) is 5.41 Å². The number of fused-ring (bicyclic) bond motifs is 1. The van der Waals surface area contributed by atoms with Crippen LogP contribution < -0.4 is 0 Å². The van der Waals surface area contributed by atoms with Crippen molar-refractivity contribution in [2.75, 3.05) is 0 Å². The smallest absolute Gasteiger partial charge is 0.0109 e. The molecule has 0 unspecified atom stereocenters. The summed E-state index contributed by atoms with van der Waals surface area (Å²) in [6, 6.07) is 8.63. The predicted molar refractivity (Wildman–Crippen MR) is 52.3 cm³/mol. The molecule has 1 aromatic carbocycles. The van der Waals surface area contributed by atoms with Gasteiger partial charge in [-0.05, 0) is 17.5 Å². The lowest BCUT2D eigenvalue weighted by molar-refractivity contribution is 0.647. The summed E-state index contributed by atoms with van der Waals surface area (Å²) in [4.78, 5) is 0. The first kappa shape index (κ1) is 7.60. The molecule has 0 atom stereocenters. The molecule has 0 heterocycles. The third-order valence-corrected chi connectivity index (χ3v) is 2.98. The van der Waals surface area contributed by atoms with Crippen molar-refractivity contribution in [3.63, 3.8) is 0 Å². The van der Waals surface area contributed by atoms with E-state index in [1.807, 2.05) is 0 Å². The van der Waals surface area contributed by atoms with E-state index in [0.717, 1.165) is 6.42 Å². The molecule has 1 aromatic rings. The number of hydrogen-bond donors (Lipinski definition) is 0. The Labute approximate surface area is 73.9 Å². The third-order valence-electron chi connectivity index (χ3n) is 2.98. The lowest BCUT2D eigenvalue weighted by atomic mass is 9.84. The van der Waals surface area contributed by atoms with E-state index in [1.54, 1.807) is 0 Å². The fourth-order valence-electron chi connectivity index (χ4n) is 1.93. The van der Waals surface area contributed by atoms with Gasteiger partial charge in [0.25, 0.3) is 0 Å². The van der Waals surface area contributed by atoms with Gasteiger partial charge < -0.3 is 0 Å². The molecule has 0 amide bonds. The van der Waals surface area contributed by atoms with Gasteiger partial charge in [0.1, 0.15) is 0 Å². The Balaban J connectivity index is 2.63. The molecule has 0 spiro atoms. The number of allylic oxidation sites excluding steroid dienone is 1. The van der Waals surface area contributed by atoms with E-state index in [9.17, 15) is 0 Å². The maximum atomic E-state index is 4.12. The van der Waals surface area contributed by atoms with Crippen molar-refractivity contribution in [1.82, 2.24) is 0 Å². The van der Waals surface area contributed by atoms with Crippen molar-refractivity contribution >= 4 is 0 Å². The highest BCUT2D eigenvalue weighted by molar-refractivity contribution is 5.48. The Bertz CT molecular complexity index is 332. The molecule has 0 N–H and O–H groups in total. The van der Waals surface area contributed by atoms with Crippen LogP contribution in [0.1, 0.15) is 25.0 Å². The van der Waals surface area contributed by atoms with Crippen LogP contribution in [0.4, 0.5) is 0 Å². The molecule has 12 heavy (non-hydrogen) atoms. The molecule has 0 fully saturated rings. The fourth-order valence-corrected chi connectivity index (χ4v) is 1.93. The van der Waals surface area contributed by atoms with E-state index in [4.69, 9.17) is 0 Å². The first-order valence-electron chi connectivity index (χ1n) is 4.39. The van der Waals surface area contributed by atoms with Gasteiger partial charge in [0.05, 0.1) is 0 Å². The molecule has 0 saturated carbocycles. The summed E-state index contributed by atoms with van der Waals surface area (Å²) in [5, 5.41) is 0. The van der Waals surface area contributed by atoms with Crippen LogP contribution in [0.5, 0.6) is 0 Å². The van der Waals surface area contributed by atoms with Gasteiger partial charge in [-0.3, -0.25) is 0 Å². The van der Waals surface area contributed by atoms with Crippen LogP contribution in [0.2, 0.25) is 0 Å². The summed E-state index contributed by atoms with van der Waals surface area (Å²) >= 11 is 0. The summed E-state index contributed by atoms with van der Waals surface area (Å²) in [5.41, 5.74) is 4.43. The lowest BCUT2D eigenvalue weighted by Gasteiger charge is -2.20. The van der Waals surface area contributed by atoms with Gasteiger partial charge in [0.2, 0.25) is 0 Å². The van der Waals surface area contributed by atoms with Crippen molar-refractivity contribution in [2.24, 2.45) is 0 Å². The summed E-state index contributed by atoms with van der Waals surface area (Å²) in [5.74, 6) is 0. The Kier molecular flexibility index (Phi) is 1.41. The number of rotatable bonds is 0. The minimum atomic E-state index is 0.191. The van der Waals surface area contributed by atoms with E-state index in [1.165, 1.54) is 16.7 Å². The van der Waals surface area contributed by atoms with Gasteiger partial charge in [0, 0.05) is 5.41 Å². The van der Waals surface area contributed by atoms with E-state index in [0.29, 0.717) is 0 Å². The summed E-state index contributed by atoms with van der Waals surface area (Å²) in [6.07, 6.45) is 1.06. The molecule has 0 aliphatic heterocycles. The first-order chi connectivity index (χ1) is 5.62. The highest BCUT2D eigenvalue weighted by Gasteiger charge is 2.32. The highest BCUT2D eigenvalue weighted by atomic mass is 14.4. The van der Waals surface area contributed by atoms with Crippen molar-refractivity contribution in [3.8, 4) is 0 Å². The second-order valence-electron chi connectivity index (χ2n) is 4.06. The van der Waals surface area contributed by atoms with Crippen molar-refractivity contribution < 1.29 is 0 Å². The molecular formula is C12H14. The van der Waals surface area contributed by atoms with Crippen LogP contribution in [-0.2, 0) is 11.8 Å². The molecule has 1 aliphatic rings. The molecular weight excluding hydrogens is 144 g/mol. The molecule has 0 nitrogen and oxygen atoms in total. The predicted octanol–water partition coefficient (Wildman–Crippen LogP) is 3.08. The minimum Gasteiger partial charge on any atom is -0.0986 e. The first-order valence-corrected chi connectivity index (χ1v) is 4.39. The van der Waals surface area contributed by atoms with E-state index >= 15 is 0 Å². The third kappa shape index (κ3) is 0.842. The van der Waals surface area contributed by atoms with Crippen LogP contribution in [0, 0.1) is 0 Å². The van der Waals surface area contributed by atoms with Crippen LogP contribution in [0.25, 0.3) is 0 Å². The zero-order chi connectivity index (χ0) is 8.77. The van der Waals surface area contributed by atoms with Crippen molar-refractivity contribution in [2.45, 2.75) is 25.7 Å². The Morgan fingerprint density at radius 2 is 1.92 bits per heavy atom. The topological polar surface area (TPSA) is 0 Å². The van der Waals surface area contributed by atoms with Crippen LogP contribution >= 0.6 is 0 Å². The van der Waals surface area contributed by atoms with Crippen molar-refractivity contribution in [1.29, 1.82) is 0 Å². The van der Waals surface area contributed by atoms with Gasteiger partial charge in [0.15, 0.2) is 0 Å². The van der Waals surface area contributed by atoms with Gasteiger partial charge in [-0.2, -0.15) is 0 Å². The molecule has 0 bridgehead atoms. The zero-order valence-electron chi connectivity index (χ0n) is 7.72. The van der Waals surface area contributed by atoms with Gasteiger partial charge in [-0.15, -0.1) is 0 Å². The van der Waals surface area contributed by atoms with Crippen LogP contribution in [0.15, 0.2) is 36.4 Å². The normalized spacial score (nSPS) is 19.3. The number of hydrogen-bond acceptors (Lipinski definition) is 0. The standard InChI is InChI=1S/C12H14/c1-9-8-10-6-4-5-7-11(10)12(9,2)3/h4-7H,1,8H2,2-3H3. The van der Waals surface area contributed by atoms with E-state index < -0.39 is 0 Å². The monoisotopic (exact) mass is 158 g/mol. The SMILES string of the molecule is C=C1Cc2ccccc2C1(C)C. The highest BCUT2D eigenvalue weighted by Crippen LogP contribution is 2.41. The average molecular weight is 158 g/mol. The molecule has 2 rings (SSSR count). The molecule has 0 saturated heterocycles. The Morgan fingerprint density at radius 3 is 2.58 bits per heavy atom. The summed E-state index contributed by atoms with van der Waals surface area (Å²) in [7, 11) is 0. The van der Waals surface area contributed by atoms with Crippen LogP contribution in [-0.4, -0.2) is 0 Å². The maximum absolute atomic E-state index is 4.12. The quantitative estimate of drug-likeness (QED) is 0.509. The van der Waals surface area contributed by atoms with Gasteiger partial charge in [-0.1, -0.05) is 50.3 Å². The largest absolute Gasteiger partial charge is 0.0986 e. The second-order valence-corrected chi connectivity index (χ2v) is 4.06. The summed E-state index contributed by atoms with van der Waals surface area (Å²) in [6.45, 7) is 8.62. The molecule has 62 valence electrons.